The van der Waals surface area contributed by atoms with Crippen molar-refractivity contribution >= 4 is 51.2 Å². The summed E-state index contributed by atoms with van der Waals surface area (Å²) in [7, 11) is 1.76. The van der Waals surface area contributed by atoms with Crippen molar-refractivity contribution < 1.29 is 19.5 Å². The second-order valence-electron chi connectivity index (χ2n) is 6.80. The zero-order valence-corrected chi connectivity index (χ0v) is 19.6. The van der Waals surface area contributed by atoms with Gasteiger partial charge in [-0.2, -0.15) is 0 Å². The van der Waals surface area contributed by atoms with Crippen LogP contribution in [0.25, 0.3) is 0 Å². The number of benzene rings is 2. The molecule has 166 valence electrons. The number of nitrogens with one attached hydrogen (secondary N) is 2. The van der Waals surface area contributed by atoms with Crippen LogP contribution in [-0.2, 0) is 11.8 Å². The molecule has 3 N–H and O–H groups in total. The molecule has 0 aliphatic carbocycles. The van der Waals surface area contributed by atoms with E-state index in [2.05, 4.69) is 36.8 Å². The SMILES string of the molecule is CC(NC(=O)c1ccccc1Br)c1nnc(SCC(=O)Nc2cccc(C(=O)O)c2)n1C. The predicted octanol–water partition coefficient (Wildman–Crippen LogP) is 3.50. The molecule has 0 saturated heterocycles. The lowest BCUT2D eigenvalue weighted by Gasteiger charge is -2.14. The van der Waals surface area contributed by atoms with Crippen LogP contribution >= 0.6 is 27.7 Å². The van der Waals surface area contributed by atoms with Gasteiger partial charge in [0.25, 0.3) is 5.91 Å². The van der Waals surface area contributed by atoms with E-state index in [4.69, 9.17) is 5.11 Å². The Bertz CT molecular complexity index is 1170. The molecule has 0 radical (unpaired) electrons. The van der Waals surface area contributed by atoms with E-state index < -0.39 is 12.0 Å². The molecule has 2 aromatic carbocycles. The van der Waals surface area contributed by atoms with Crippen LogP contribution in [0, 0.1) is 0 Å². The second kappa shape index (κ2) is 10.4. The quantitative estimate of drug-likeness (QED) is 0.390. The number of carboxylic acid groups (broad SMARTS) is 1. The first-order chi connectivity index (χ1) is 15.3. The van der Waals surface area contributed by atoms with Crippen molar-refractivity contribution in [2.24, 2.45) is 7.05 Å². The fourth-order valence-electron chi connectivity index (χ4n) is 2.87. The molecule has 3 aromatic rings. The largest absolute Gasteiger partial charge is 0.478 e. The molecule has 1 aromatic heterocycles. The number of carbonyl (C=O) groups excluding carboxylic acids is 2. The molecule has 1 atom stereocenters. The molecule has 0 spiro atoms. The topological polar surface area (TPSA) is 126 Å². The van der Waals surface area contributed by atoms with Crippen LogP contribution in [0.3, 0.4) is 0 Å². The number of amides is 2. The third-order valence-electron chi connectivity index (χ3n) is 4.45. The summed E-state index contributed by atoms with van der Waals surface area (Å²) in [5.41, 5.74) is 1.00. The van der Waals surface area contributed by atoms with Crippen molar-refractivity contribution in [2.75, 3.05) is 11.1 Å². The first-order valence-electron chi connectivity index (χ1n) is 9.47. The van der Waals surface area contributed by atoms with E-state index in [1.807, 2.05) is 6.07 Å². The number of anilines is 1. The van der Waals surface area contributed by atoms with Gasteiger partial charge in [0.15, 0.2) is 11.0 Å². The monoisotopic (exact) mass is 517 g/mol. The van der Waals surface area contributed by atoms with E-state index in [0.717, 1.165) is 0 Å². The van der Waals surface area contributed by atoms with E-state index in [9.17, 15) is 14.4 Å². The number of thioether (sulfide) groups is 1. The van der Waals surface area contributed by atoms with Gasteiger partial charge in [0.2, 0.25) is 5.91 Å². The molecule has 0 saturated carbocycles. The number of nitrogens with zero attached hydrogens (tertiary/aromatic N) is 3. The van der Waals surface area contributed by atoms with Crippen LogP contribution in [0.15, 0.2) is 58.2 Å². The molecule has 2 amide bonds. The summed E-state index contributed by atoms with van der Waals surface area (Å²) in [6.07, 6.45) is 0. The van der Waals surface area contributed by atoms with Gasteiger partial charge in [0.05, 0.1) is 22.9 Å². The maximum atomic E-state index is 12.5. The van der Waals surface area contributed by atoms with Gasteiger partial charge in [0.1, 0.15) is 0 Å². The standard InChI is InChI=1S/C21H20BrN5O4S/c1-12(23-19(29)15-8-3-4-9-16(15)22)18-25-26-21(27(18)2)32-11-17(28)24-14-7-5-6-13(10-14)20(30)31/h3-10,12H,11H2,1-2H3,(H,23,29)(H,24,28)(H,30,31). The summed E-state index contributed by atoms with van der Waals surface area (Å²) in [6, 6.07) is 12.7. The van der Waals surface area contributed by atoms with E-state index in [1.54, 1.807) is 48.9 Å². The van der Waals surface area contributed by atoms with Crippen molar-refractivity contribution in [2.45, 2.75) is 18.1 Å². The zero-order valence-electron chi connectivity index (χ0n) is 17.2. The number of aromatic carboxylic acids is 1. The average molecular weight is 518 g/mol. The molecule has 0 aliphatic rings. The third-order valence-corrected chi connectivity index (χ3v) is 6.16. The first-order valence-corrected chi connectivity index (χ1v) is 11.2. The van der Waals surface area contributed by atoms with Crippen molar-refractivity contribution in [3.05, 3.63) is 70.0 Å². The van der Waals surface area contributed by atoms with Gasteiger partial charge < -0.3 is 20.3 Å². The highest BCUT2D eigenvalue weighted by atomic mass is 79.9. The summed E-state index contributed by atoms with van der Waals surface area (Å²) < 4.78 is 2.41. The second-order valence-corrected chi connectivity index (χ2v) is 8.59. The van der Waals surface area contributed by atoms with Crippen molar-refractivity contribution in [3.63, 3.8) is 0 Å². The lowest BCUT2D eigenvalue weighted by atomic mass is 10.2. The Labute approximate surface area is 196 Å². The average Bonchev–Trinajstić information content (AvgIpc) is 3.13. The molecule has 3 rings (SSSR count). The highest BCUT2D eigenvalue weighted by Gasteiger charge is 2.20. The third kappa shape index (κ3) is 5.74. The van der Waals surface area contributed by atoms with Gasteiger partial charge in [-0.1, -0.05) is 30.0 Å². The maximum absolute atomic E-state index is 12.5. The Morgan fingerprint density at radius 1 is 1.16 bits per heavy atom. The Morgan fingerprint density at radius 3 is 2.62 bits per heavy atom. The fraction of sp³-hybridized carbons (Fsp3) is 0.190. The molecular weight excluding hydrogens is 498 g/mol. The number of rotatable bonds is 8. The highest BCUT2D eigenvalue weighted by molar-refractivity contribution is 9.10. The summed E-state index contributed by atoms with van der Waals surface area (Å²) in [4.78, 5) is 35.8. The molecule has 1 heterocycles. The van der Waals surface area contributed by atoms with Crippen molar-refractivity contribution in [1.29, 1.82) is 0 Å². The summed E-state index contributed by atoms with van der Waals surface area (Å²) in [5.74, 6) is -1.02. The molecule has 0 bridgehead atoms. The predicted molar refractivity (Wildman–Crippen MR) is 124 cm³/mol. The molecule has 0 aliphatic heterocycles. The van der Waals surface area contributed by atoms with Gasteiger partial charge in [-0.25, -0.2) is 4.79 Å². The number of carbonyl (C=O) groups is 3. The Hall–Kier alpha value is -3.18. The zero-order chi connectivity index (χ0) is 23.3. The molecule has 9 nitrogen and oxygen atoms in total. The number of hydrogen-bond acceptors (Lipinski definition) is 6. The Kier molecular flexibility index (Phi) is 7.65. The number of halogens is 1. The van der Waals surface area contributed by atoms with Crippen LogP contribution in [0.4, 0.5) is 5.69 Å². The van der Waals surface area contributed by atoms with Crippen LogP contribution in [0.5, 0.6) is 0 Å². The van der Waals surface area contributed by atoms with E-state index in [1.165, 1.54) is 23.9 Å². The molecule has 1 unspecified atom stereocenters. The van der Waals surface area contributed by atoms with Crippen LogP contribution in [-0.4, -0.2) is 43.4 Å². The minimum atomic E-state index is -1.07. The summed E-state index contributed by atoms with van der Waals surface area (Å²) in [5, 5.41) is 23.4. The lowest BCUT2D eigenvalue weighted by Crippen LogP contribution is -2.28. The molecule has 11 heteroatoms. The minimum Gasteiger partial charge on any atom is -0.478 e. The molecular formula is C21H20BrN5O4S. The van der Waals surface area contributed by atoms with Gasteiger partial charge in [-0.3, -0.25) is 9.59 Å². The lowest BCUT2D eigenvalue weighted by molar-refractivity contribution is -0.113. The van der Waals surface area contributed by atoms with Gasteiger partial charge in [0, 0.05) is 17.2 Å². The van der Waals surface area contributed by atoms with Gasteiger partial charge >= 0.3 is 5.97 Å². The highest BCUT2D eigenvalue weighted by Crippen LogP contribution is 2.21. The number of carboxylic acids is 1. The van der Waals surface area contributed by atoms with E-state index in [0.29, 0.717) is 26.7 Å². The summed E-state index contributed by atoms with van der Waals surface area (Å²) >= 11 is 4.55. The van der Waals surface area contributed by atoms with Crippen LogP contribution in [0.2, 0.25) is 0 Å². The molecule has 32 heavy (non-hydrogen) atoms. The normalized spacial score (nSPS) is 11.6. The maximum Gasteiger partial charge on any atom is 0.335 e. The minimum absolute atomic E-state index is 0.0565. The van der Waals surface area contributed by atoms with E-state index >= 15 is 0 Å². The van der Waals surface area contributed by atoms with Crippen molar-refractivity contribution in [3.8, 4) is 0 Å². The van der Waals surface area contributed by atoms with Gasteiger partial charge in [-0.15, -0.1) is 10.2 Å². The molecule has 0 fully saturated rings. The number of hydrogen-bond donors (Lipinski definition) is 3. The number of aromatic nitrogens is 3. The smallest absolute Gasteiger partial charge is 0.335 e. The van der Waals surface area contributed by atoms with Crippen molar-refractivity contribution in [1.82, 2.24) is 20.1 Å². The Morgan fingerprint density at radius 2 is 1.91 bits per heavy atom. The Balaban J connectivity index is 1.59. The fourth-order valence-corrected chi connectivity index (χ4v) is 4.05. The van der Waals surface area contributed by atoms with Gasteiger partial charge in [-0.05, 0) is 53.2 Å². The van der Waals surface area contributed by atoms with Crippen LogP contribution < -0.4 is 10.6 Å². The first kappa shape index (κ1) is 23.5. The summed E-state index contributed by atoms with van der Waals surface area (Å²) in [6.45, 7) is 1.80. The van der Waals surface area contributed by atoms with E-state index in [-0.39, 0.29) is 23.1 Å². The van der Waals surface area contributed by atoms with Crippen LogP contribution in [0.1, 0.15) is 39.5 Å².